The summed E-state index contributed by atoms with van der Waals surface area (Å²) in [4.78, 5) is 4.31. The highest BCUT2D eigenvalue weighted by atomic mass is 32.2. The second kappa shape index (κ2) is 7.84. The Balaban J connectivity index is 2.55. The van der Waals surface area contributed by atoms with Crippen molar-refractivity contribution in [3.63, 3.8) is 0 Å². The van der Waals surface area contributed by atoms with Crippen molar-refractivity contribution in [2.24, 2.45) is 4.99 Å². The molecular weight excluding hydrogens is 281 g/mol. The minimum atomic E-state index is -2.99. The van der Waals surface area contributed by atoms with Crippen LogP contribution in [0.4, 0.5) is 4.39 Å². The third-order valence-electron chi connectivity index (χ3n) is 2.44. The van der Waals surface area contributed by atoms with E-state index in [1.807, 2.05) is 6.92 Å². The van der Waals surface area contributed by atoms with E-state index < -0.39 is 9.84 Å². The number of guanidine groups is 1. The lowest BCUT2D eigenvalue weighted by Gasteiger charge is -2.10. The third-order valence-corrected chi connectivity index (χ3v) is 3.39. The van der Waals surface area contributed by atoms with Crippen LogP contribution in [-0.2, 0) is 16.4 Å². The van der Waals surface area contributed by atoms with Gasteiger partial charge in [0.05, 0.1) is 12.3 Å². The second-order valence-corrected chi connectivity index (χ2v) is 6.64. The lowest BCUT2D eigenvalue weighted by Crippen LogP contribution is -2.39. The van der Waals surface area contributed by atoms with Crippen LogP contribution in [0.5, 0.6) is 0 Å². The molecule has 0 aliphatic heterocycles. The predicted molar refractivity (Wildman–Crippen MR) is 78.9 cm³/mol. The fraction of sp³-hybridized carbons (Fsp3) is 0.462. The molecule has 0 aromatic heterocycles. The van der Waals surface area contributed by atoms with Crippen LogP contribution >= 0.6 is 0 Å². The van der Waals surface area contributed by atoms with Gasteiger partial charge in [-0.2, -0.15) is 0 Å². The maximum absolute atomic E-state index is 12.8. The molecule has 7 heteroatoms. The Bertz CT molecular complexity index is 541. The van der Waals surface area contributed by atoms with Crippen LogP contribution in [0.2, 0.25) is 0 Å². The van der Waals surface area contributed by atoms with Gasteiger partial charge in [0.15, 0.2) is 5.96 Å². The zero-order valence-corrected chi connectivity index (χ0v) is 12.5. The number of nitrogens with zero attached hydrogens (tertiary/aromatic N) is 1. The molecule has 5 nitrogen and oxygen atoms in total. The van der Waals surface area contributed by atoms with Crippen LogP contribution < -0.4 is 10.6 Å². The van der Waals surface area contributed by atoms with Gasteiger partial charge in [-0.15, -0.1) is 0 Å². The van der Waals surface area contributed by atoms with Crippen molar-refractivity contribution in [1.82, 2.24) is 10.6 Å². The molecule has 0 radical (unpaired) electrons. The first-order valence-corrected chi connectivity index (χ1v) is 8.41. The molecule has 112 valence electrons. The maximum atomic E-state index is 12.8. The molecule has 0 bridgehead atoms. The molecule has 2 N–H and O–H groups in total. The van der Waals surface area contributed by atoms with Crippen molar-refractivity contribution in [2.75, 3.05) is 25.1 Å². The van der Waals surface area contributed by atoms with Gasteiger partial charge in [0.25, 0.3) is 0 Å². The molecule has 1 aromatic carbocycles. The van der Waals surface area contributed by atoms with E-state index in [-0.39, 0.29) is 11.6 Å². The minimum absolute atomic E-state index is 0.0496. The van der Waals surface area contributed by atoms with E-state index in [4.69, 9.17) is 0 Å². The fourth-order valence-corrected chi connectivity index (χ4v) is 1.93. The first-order valence-electron chi connectivity index (χ1n) is 6.35. The Labute approximate surface area is 119 Å². The molecule has 0 amide bonds. The van der Waals surface area contributed by atoms with Crippen molar-refractivity contribution in [1.29, 1.82) is 0 Å². The average Bonchev–Trinajstić information content (AvgIpc) is 2.36. The smallest absolute Gasteiger partial charge is 0.191 e. The average molecular weight is 301 g/mol. The largest absolute Gasteiger partial charge is 0.357 e. The van der Waals surface area contributed by atoms with E-state index in [1.165, 1.54) is 18.4 Å². The molecule has 0 unspecified atom stereocenters. The van der Waals surface area contributed by atoms with Gasteiger partial charge in [0.2, 0.25) is 0 Å². The number of sulfone groups is 1. The summed E-state index contributed by atoms with van der Waals surface area (Å²) in [7, 11) is -2.99. The monoisotopic (exact) mass is 301 g/mol. The van der Waals surface area contributed by atoms with Gasteiger partial charge in [0.1, 0.15) is 15.7 Å². The number of rotatable bonds is 6. The molecule has 0 heterocycles. The Morgan fingerprint density at radius 2 is 1.90 bits per heavy atom. The topological polar surface area (TPSA) is 70.6 Å². The summed E-state index contributed by atoms with van der Waals surface area (Å²) in [5, 5.41) is 5.96. The predicted octanol–water partition coefficient (Wildman–Crippen LogP) is 0.925. The molecule has 1 rings (SSSR count). The third kappa shape index (κ3) is 7.08. The Morgan fingerprint density at radius 1 is 1.25 bits per heavy atom. The molecule has 0 fully saturated rings. The lowest BCUT2D eigenvalue weighted by atomic mass is 10.2. The Morgan fingerprint density at radius 3 is 2.45 bits per heavy atom. The molecule has 0 saturated heterocycles. The van der Waals surface area contributed by atoms with E-state index in [0.717, 1.165) is 5.56 Å². The summed E-state index contributed by atoms with van der Waals surface area (Å²) >= 11 is 0. The molecule has 0 atom stereocenters. The Hall–Kier alpha value is -1.63. The normalized spacial score (nSPS) is 12.2. The lowest BCUT2D eigenvalue weighted by molar-refractivity contribution is 0.600. The summed E-state index contributed by atoms with van der Waals surface area (Å²) < 4.78 is 34.9. The SMILES string of the molecule is CCNC(=NCc1ccc(F)cc1)NCCS(C)(=O)=O. The van der Waals surface area contributed by atoms with Gasteiger partial charge in [-0.25, -0.2) is 17.8 Å². The summed E-state index contributed by atoms with van der Waals surface area (Å²) in [5.41, 5.74) is 0.881. The number of hydrogen-bond acceptors (Lipinski definition) is 3. The first-order chi connectivity index (χ1) is 9.40. The molecule has 0 aliphatic rings. The van der Waals surface area contributed by atoms with Crippen molar-refractivity contribution < 1.29 is 12.8 Å². The summed E-state index contributed by atoms with van der Waals surface area (Å²) in [5.74, 6) is 0.310. The van der Waals surface area contributed by atoms with E-state index in [2.05, 4.69) is 15.6 Å². The number of hydrogen-bond donors (Lipinski definition) is 2. The van der Waals surface area contributed by atoms with Gasteiger partial charge in [0, 0.05) is 19.3 Å². The highest BCUT2D eigenvalue weighted by Gasteiger charge is 2.03. The highest BCUT2D eigenvalue weighted by Crippen LogP contribution is 2.03. The summed E-state index contributed by atoms with van der Waals surface area (Å²) in [6.45, 7) is 3.29. The van der Waals surface area contributed by atoms with E-state index >= 15 is 0 Å². The van der Waals surface area contributed by atoms with Gasteiger partial charge in [-0.1, -0.05) is 12.1 Å². The van der Waals surface area contributed by atoms with Crippen molar-refractivity contribution in [3.05, 3.63) is 35.6 Å². The zero-order valence-electron chi connectivity index (χ0n) is 11.7. The molecule has 0 spiro atoms. The fourth-order valence-electron chi connectivity index (χ4n) is 1.46. The second-order valence-electron chi connectivity index (χ2n) is 4.38. The standard InChI is InChI=1S/C13H20FN3O2S/c1-3-15-13(16-8-9-20(2,18)19)17-10-11-4-6-12(14)7-5-11/h4-7H,3,8-10H2,1-2H3,(H2,15,16,17). The van der Waals surface area contributed by atoms with Gasteiger partial charge in [-0.05, 0) is 24.6 Å². The van der Waals surface area contributed by atoms with Crippen molar-refractivity contribution in [2.45, 2.75) is 13.5 Å². The van der Waals surface area contributed by atoms with Gasteiger partial charge < -0.3 is 10.6 Å². The number of nitrogens with one attached hydrogen (secondary N) is 2. The summed E-state index contributed by atoms with van der Waals surface area (Å²) in [6.07, 6.45) is 1.19. The van der Waals surface area contributed by atoms with Crippen molar-refractivity contribution in [3.8, 4) is 0 Å². The Kier molecular flexibility index (Phi) is 6.44. The zero-order chi connectivity index (χ0) is 15.0. The van der Waals surface area contributed by atoms with Crippen LogP contribution in [0.1, 0.15) is 12.5 Å². The van der Waals surface area contributed by atoms with Crippen LogP contribution in [0, 0.1) is 5.82 Å². The number of aliphatic imine (C=N–C) groups is 1. The molecule has 1 aromatic rings. The molecule has 0 aliphatic carbocycles. The maximum Gasteiger partial charge on any atom is 0.191 e. The van der Waals surface area contributed by atoms with Gasteiger partial charge in [-0.3, -0.25) is 0 Å². The van der Waals surface area contributed by atoms with Crippen LogP contribution in [0.25, 0.3) is 0 Å². The van der Waals surface area contributed by atoms with Crippen LogP contribution in [0.15, 0.2) is 29.3 Å². The number of halogens is 1. The molecule has 0 saturated carbocycles. The highest BCUT2D eigenvalue weighted by molar-refractivity contribution is 7.90. The quantitative estimate of drug-likeness (QED) is 0.606. The van der Waals surface area contributed by atoms with Gasteiger partial charge >= 0.3 is 0 Å². The van der Waals surface area contributed by atoms with Crippen LogP contribution in [-0.4, -0.2) is 39.5 Å². The molecular formula is C13H20FN3O2S. The van der Waals surface area contributed by atoms with E-state index in [0.29, 0.717) is 25.6 Å². The summed E-state index contributed by atoms with van der Waals surface area (Å²) in [6, 6.07) is 6.10. The van der Waals surface area contributed by atoms with E-state index in [9.17, 15) is 12.8 Å². The molecule has 20 heavy (non-hydrogen) atoms. The van der Waals surface area contributed by atoms with E-state index in [1.54, 1.807) is 12.1 Å². The van der Waals surface area contributed by atoms with Crippen LogP contribution in [0.3, 0.4) is 0 Å². The van der Waals surface area contributed by atoms with Crippen molar-refractivity contribution >= 4 is 15.8 Å². The number of benzene rings is 1. The minimum Gasteiger partial charge on any atom is -0.357 e. The first kappa shape index (κ1) is 16.4.